The molecule has 0 spiro atoms. The molecule has 1 atom stereocenters. The van der Waals surface area contributed by atoms with Gasteiger partial charge in [0.2, 0.25) is 0 Å². The van der Waals surface area contributed by atoms with E-state index in [-0.39, 0.29) is 12.4 Å². The van der Waals surface area contributed by atoms with E-state index >= 15 is 0 Å². The van der Waals surface area contributed by atoms with Gasteiger partial charge in [-0.3, -0.25) is 0 Å². The van der Waals surface area contributed by atoms with E-state index in [1.54, 1.807) is 53.2 Å². The first-order valence-corrected chi connectivity index (χ1v) is 12.4. The topological polar surface area (TPSA) is 63.0 Å². The lowest BCUT2D eigenvalue weighted by Gasteiger charge is -2.29. The second-order valence-electron chi connectivity index (χ2n) is 8.66. The molecule has 5 aromatic rings. The van der Waals surface area contributed by atoms with Crippen molar-refractivity contribution in [2.24, 2.45) is 0 Å². The molecule has 0 saturated heterocycles. The van der Waals surface area contributed by atoms with Gasteiger partial charge in [-0.1, -0.05) is 70.9 Å². The minimum Gasteiger partial charge on any atom is -0.381 e. The average molecular weight is 533 g/mol. The van der Waals surface area contributed by atoms with Crippen molar-refractivity contribution in [1.82, 2.24) is 15.0 Å². The van der Waals surface area contributed by atoms with E-state index in [9.17, 15) is 9.50 Å². The molecule has 0 aliphatic heterocycles. The molecule has 1 unspecified atom stereocenters. The van der Waals surface area contributed by atoms with Gasteiger partial charge < -0.3 is 10.4 Å². The van der Waals surface area contributed by atoms with E-state index in [1.165, 1.54) is 12.1 Å². The van der Waals surface area contributed by atoms with E-state index in [1.807, 2.05) is 42.5 Å². The number of nitrogens with zero attached hydrogens (tertiary/aromatic N) is 3. The van der Waals surface area contributed by atoms with Crippen LogP contribution in [-0.2, 0) is 12.1 Å². The van der Waals surface area contributed by atoms with Crippen molar-refractivity contribution in [1.29, 1.82) is 0 Å². The molecule has 0 bridgehead atoms. The van der Waals surface area contributed by atoms with E-state index < -0.39 is 5.60 Å². The van der Waals surface area contributed by atoms with Crippen LogP contribution in [0.25, 0.3) is 11.3 Å². The van der Waals surface area contributed by atoms with E-state index in [0.29, 0.717) is 39.1 Å². The number of rotatable bonds is 8. The fourth-order valence-corrected chi connectivity index (χ4v) is 4.45. The van der Waals surface area contributed by atoms with Crippen molar-refractivity contribution >= 4 is 28.9 Å². The highest BCUT2D eigenvalue weighted by Crippen LogP contribution is 2.36. The third-order valence-electron chi connectivity index (χ3n) is 6.13. The molecule has 0 fully saturated rings. The Balaban J connectivity index is 1.64. The Bertz CT molecular complexity index is 1470. The van der Waals surface area contributed by atoms with E-state index in [0.717, 1.165) is 11.3 Å². The molecule has 2 N–H and O–H groups in total. The van der Waals surface area contributed by atoms with Crippen molar-refractivity contribution in [3.8, 4) is 11.3 Å². The van der Waals surface area contributed by atoms with Crippen LogP contribution in [0.2, 0.25) is 10.0 Å². The van der Waals surface area contributed by atoms with Crippen LogP contribution in [0.4, 0.5) is 10.1 Å². The first-order valence-electron chi connectivity index (χ1n) is 11.6. The van der Waals surface area contributed by atoms with Crippen molar-refractivity contribution in [3.63, 3.8) is 0 Å². The van der Waals surface area contributed by atoms with Gasteiger partial charge in [0.1, 0.15) is 11.5 Å². The van der Waals surface area contributed by atoms with Gasteiger partial charge in [0, 0.05) is 21.3 Å². The normalized spacial score (nSPS) is 12.8. The molecule has 5 nitrogen and oxygen atoms in total. The summed E-state index contributed by atoms with van der Waals surface area (Å²) in [6.07, 6.45) is 0. The summed E-state index contributed by atoms with van der Waals surface area (Å²) in [6, 6.07) is 30.1. The summed E-state index contributed by atoms with van der Waals surface area (Å²) < 4.78 is 15.6. The summed E-state index contributed by atoms with van der Waals surface area (Å²) in [5.74, 6) is -0.357. The molecule has 0 aliphatic rings. The van der Waals surface area contributed by atoms with Crippen LogP contribution in [0.1, 0.15) is 16.8 Å². The minimum absolute atomic E-state index is 0.0779. The Morgan fingerprint density at radius 2 is 1.43 bits per heavy atom. The van der Waals surface area contributed by atoms with Crippen LogP contribution in [0.5, 0.6) is 0 Å². The quantitative estimate of drug-likeness (QED) is 0.231. The van der Waals surface area contributed by atoms with Gasteiger partial charge in [0.25, 0.3) is 0 Å². The van der Waals surface area contributed by atoms with Crippen LogP contribution in [0, 0.1) is 5.82 Å². The van der Waals surface area contributed by atoms with E-state index in [2.05, 4.69) is 15.6 Å². The Hall–Kier alpha value is -3.71. The summed E-state index contributed by atoms with van der Waals surface area (Å²) in [5.41, 5.74) is 2.35. The van der Waals surface area contributed by atoms with Crippen molar-refractivity contribution in [2.45, 2.75) is 12.1 Å². The van der Waals surface area contributed by atoms with Gasteiger partial charge in [-0.15, -0.1) is 5.10 Å². The molecule has 5 rings (SSSR count). The second kappa shape index (κ2) is 10.7. The molecule has 0 radical (unpaired) electrons. The van der Waals surface area contributed by atoms with Crippen LogP contribution < -0.4 is 5.32 Å². The van der Waals surface area contributed by atoms with Crippen LogP contribution in [0.3, 0.4) is 0 Å². The molecule has 0 aliphatic carbocycles. The summed E-state index contributed by atoms with van der Waals surface area (Å²) >= 11 is 12.2. The Morgan fingerprint density at radius 1 is 0.811 bits per heavy atom. The largest absolute Gasteiger partial charge is 0.381 e. The highest BCUT2D eigenvalue weighted by atomic mass is 35.5. The minimum atomic E-state index is -1.61. The van der Waals surface area contributed by atoms with Gasteiger partial charge in [0.05, 0.1) is 18.8 Å². The fraction of sp³-hybridized carbons (Fsp3) is 0.103. The van der Waals surface area contributed by atoms with Crippen LogP contribution in [-0.4, -0.2) is 26.6 Å². The first kappa shape index (κ1) is 25.0. The zero-order chi connectivity index (χ0) is 25.8. The maximum Gasteiger partial charge on any atom is 0.153 e. The number of benzene rings is 4. The molecule has 4 aromatic carbocycles. The smallest absolute Gasteiger partial charge is 0.153 e. The van der Waals surface area contributed by atoms with Gasteiger partial charge >= 0.3 is 0 Å². The molecule has 186 valence electrons. The zero-order valence-electron chi connectivity index (χ0n) is 19.7. The SMILES string of the molecule is OC(CNc1ccc(Cl)cc1)(c1ccc(Cl)cc1)c1nnn(Cc2ccccc2)c1-c1ccc(F)cc1. The molecule has 1 heterocycles. The van der Waals surface area contributed by atoms with Crippen molar-refractivity contribution < 1.29 is 9.50 Å². The number of hydrogen-bond acceptors (Lipinski definition) is 4. The Morgan fingerprint density at radius 3 is 2.08 bits per heavy atom. The Labute approximate surface area is 224 Å². The predicted molar refractivity (Wildman–Crippen MR) is 145 cm³/mol. The second-order valence-corrected chi connectivity index (χ2v) is 9.54. The van der Waals surface area contributed by atoms with Crippen molar-refractivity contribution in [3.05, 3.63) is 136 Å². The predicted octanol–water partition coefficient (Wildman–Crippen LogP) is 6.79. The molecule has 8 heteroatoms. The number of aromatic nitrogens is 3. The summed E-state index contributed by atoms with van der Waals surface area (Å²) in [7, 11) is 0. The summed E-state index contributed by atoms with van der Waals surface area (Å²) in [6.45, 7) is 0.496. The number of anilines is 1. The monoisotopic (exact) mass is 532 g/mol. The van der Waals surface area contributed by atoms with Crippen LogP contribution >= 0.6 is 23.2 Å². The van der Waals surface area contributed by atoms with Gasteiger partial charge in [-0.05, 0) is 71.8 Å². The Kier molecular flexibility index (Phi) is 7.24. The standard InChI is InChI=1S/C29H23Cl2FN4O/c30-23-10-8-22(9-11-23)29(37,19-33-26-16-12-24(31)13-17-26)28-27(21-6-14-25(32)15-7-21)36(35-34-28)18-20-4-2-1-3-5-20/h1-17,33,37H,18-19H2. The molecule has 0 saturated carbocycles. The number of nitrogens with one attached hydrogen (secondary N) is 1. The maximum atomic E-state index is 13.8. The number of halogens is 3. The third kappa shape index (κ3) is 5.52. The lowest BCUT2D eigenvalue weighted by molar-refractivity contribution is 0.0907. The van der Waals surface area contributed by atoms with E-state index in [4.69, 9.17) is 23.2 Å². The number of hydrogen-bond donors (Lipinski definition) is 2. The van der Waals surface area contributed by atoms with Gasteiger partial charge in [-0.2, -0.15) is 0 Å². The summed E-state index contributed by atoms with van der Waals surface area (Å²) in [4.78, 5) is 0. The molecular formula is C29H23Cl2FN4O. The lowest BCUT2D eigenvalue weighted by atomic mass is 9.87. The van der Waals surface area contributed by atoms with Crippen molar-refractivity contribution in [2.75, 3.05) is 11.9 Å². The zero-order valence-corrected chi connectivity index (χ0v) is 21.2. The highest BCUT2D eigenvalue weighted by Gasteiger charge is 2.38. The van der Waals surface area contributed by atoms with Gasteiger partial charge in [-0.25, -0.2) is 9.07 Å². The fourth-order valence-electron chi connectivity index (χ4n) is 4.20. The lowest BCUT2D eigenvalue weighted by Crippen LogP contribution is -2.36. The average Bonchev–Trinajstić information content (AvgIpc) is 3.33. The molecule has 1 aromatic heterocycles. The number of aliphatic hydroxyl groups is 1. The summed E-state index contributed by atoms with van der Waals surface area (Å²) in [5, 5.41) is 25.7. The van der Waals surface area contributed by atoms with Crippen LogP contribution in [0.15, 0.2) is 103 Å². The molecule has 0 amide bonds. The highest BCUT2D eigenvalue weighted by molar-refractivity contribution is 6.30. The first-order chi connectivity index (χ1) is 17.9. The third-order valence-corrected chi connectivity index (χ3v) is 6.64. The molecular weight excluding hydrogens is 510 g/mol. The maximum absolute atomic E-state index is 13.8. The van der Waals surface area contributed by atoms with Gasteiger partial charge in [0.15, 0.2) is 5.60 Å². The molecule has 37 heavy (non-hydrogen) atoms.